The Labute approximate surface area is 174 Å². The highest BCUT2D eigenvalue weighted by atomic mass is 35.5. The van der Waals surface area contributed by atoms with Gasteiger partial charge in [0.05, 0.1) is 12.8 Å². The maximum absolute atomic E-state index is 12.0. The first kappa shape index (κ1) is 22.0. The molecule has 0 aromatic heterocycles. The Kier molecular flexibility index (Phi) is 8.24. The summed E-state index contributed by atoms with van der Waals surface area (Å²) in [6, 6.07) is 10.2. The molecule has 0 spiro atoms. The fourth-order valence-electron chi connectivity index (χ4n) is 2.27. The van der Waals surface area contributed by atoms with Crippen molar-refractivity contribution < 1.29 is 19.1 Å². The van der Waals surface area contributed by atoms with Gasteiger partial charge in [-0.3, -0.25) is 9.59 Å². The van der Waals surface area contributed by atoms with Gasteiger partial charge in [-0.1, -0.05) is 30.3 Å². The molecule has 0 saturated carbocycles. The predicted octanol–water partition coefficient (Wildman–Crippen LogP) is 3.70. The van der Waals surface area contributed by atoms with Gasteiger partial charge in [-0.2, -0.15) is 5.10 Å². The number of nitrogens with one attached hydrogen (secondary N) is 2. The van der Waals surface area contributed by atoms with Crippen LogP contribution in [-0.4, -0.2) is 31.2 Å². The molecule has 2 aromatic rings. The number of hydrogen-bond acceptors (Lipinski definition) is 5. The quantitative estimate of drug-likeness (QED) is 0.298. The van der Waals surface area contributed by atoms with E-state index in [1.54, 1.807) is 49.4 Å². The minimum Gasteiger partial charge on any atom is -0.490 e. The van der Waals surface area contributed by atoms with Crippen molar-refractivity contribution in [3.05, 3.63) is 65.2 Å². The topological polar surface area (TPSA) is 89.0 Å². The highest BCUT2D eigenvalue weighted by molar-refractivity contribution is 6.40. The van der Waals surface area contributed by atoms with Crippen LogP contribution in [-0.2, 0) is 9.59 Å². The summed E-state index contributed by atoms with van der Waals surface area (Å²) in [5, 5.41) is 6.77. The lowest BCUT2D eigenvalue weighted by atomic mass is 10.2. The van der Waals surface area contributed by atoms with Crippen molar-refractivity contribution in [2.75, 3.05) is 18.5 Å². The smallest absolute Gasteiger partial charge is 0.329 e. The average molecular weight is 416 g/mol. The molecule has 0 atom stereocenters. The number of hydrogen-bond donors (Lipinski definition) is 2. The second kappa shape index (κ2) is 10.9. The first-order chi connectivity index (χ1) is 13.9. The molecule has 0 aliphatic carbocycles. The normalized spacial score (nSPS) is 10.4. The summed E-state index contributed by atoms with van der Waals surface area (Å²) < 4.78 is 11.1. The summed E-state index contributed by atoms with van der Waals surface area (Å²) in [7, 11) is 0. The number of nitrogens with zero attached hydrogens (tertiary/aromatic N) is 1. The van der Waals surface area contributed by atoms with E-state index >= 15 is 0 Å². The molecule has 0 heterocycles. The van der Waals surface area contributed by atoms with Gasteiger partial charge >= 0.3 is 11.8 Å². The Morgan fingerprint density at radius 3 is 2.66 bits per heavy atom. The van der Waals surface area contributed by atoms with E-state index in [0.717, 1.165) is 5.56 Å². The van der Waals surface area contributed by atoms with Gasteiger partial charge in [0.15, 0.2) is 11.5 Å². The summed E-state index contributed by atoms with van der Waals surface area (Å²) in [5.74, 6) is -0.643. The Morgan fingerprint density at radius 1 is 1.14 bits per heavy atom. The SMILES string of the molecule is C=CCOc1ccc(C=NNC(=O)C(=O)Nc2cc(Cl)ccc2C)cc1OCC. The number of amides is 2. The summed E-state index contributed by atoms with van der Waals surface area (Å²) in [6.07, 6.45) is 3.03. The van der Waals surface area contributed by atoms with Gasteiger partial charge in [0.2, 0.25) is 0 Å². The summed E-state index contributed by atoms with van der Waals surface area (Å²) in [4.78, 5) is 24.0. The van der Waals surface area contributed by atoms with Gasteiger partial charge in [-0.25, -0.2) is 5.43 Å². The predicted molar refractivity (Wildman–Crippen MR) is 114 cm³/mol. The highest BCUT2D eigenvalue weighted by Crippen LogP contribution is 2.28. The van der Waals surface area contributed by atoms with Crippen molar-refractivity contribution in [1.82, 2.24) is 5.43 Å². The molecule has 0 aliphatic heterocycles. The first-order valence-corrected chi connectivity index (χ1v) is 9.23. The summed E-state index contributed by atoms with van der Waals surface area (Å²) in [6.45, 7) is 8.08. The lowest BCUT2D eigenvalue weighted by Gasteiger charge is -2.11. The number of anilines is 1. The summed E-state index contributed by atoms with van der Waals surface area (Å²) in [5.41, 5.74) is 4.08. The summed E-state index contributed by atoms with van der Waals surface area (Å²) >= 11 is 5.91. The van der Waals surface area contributed by atoms with Crippen LogP contribution in [0.25, 0.3) is 0 Å². The molecule has 2 N–H and O–H groups in total. The number of carbonyl (C=O) groups is 2. The molecular weight excluding hydrogens is 394 g/mol. The van der Waals surface area contributed by atoms with Crippen LogP contribution >= 0.6 is 11.6 Å². The fraction of sp³-hybridized carbons (Fsp3) is 0.190. The van der Waals surface area contributed by atoms with Crippen LogP contribution in [0.2, 0.25) is 5.02 Å². The Balaban J connectivity index is 1.99. The van der Waals surface area contributed by atoms with E-state index in [-0.39, 0.29) is 0 Å². The second-order valence-electron chi connectivity index (χ2n) is 5.85. The molecule has 8 heteroatoms. The monoisotopic (exact) mass is 415 g/mol. The zero-order valence-corrected chi connectivity index (χ0v) is 17.0. The van der Waals surface area contributed by atoms with Gasteiger partial charge in [-0.05, 0) is 55.3 Å². The van der Waals surface area contributed by atoms with Crippen LogP contribution in [0, 0.1) is 6.92 Å². The van der Waals surface area contributed by atoms with E-state index in [1.165, 1.54) is 6.21 Å². The molecule has 0 radical (unpaired) electrons. The molecule has 0 fully saturated rings. The third kappa shape index (κ3) is 6.65. The van der Waals surface area contributed by atoms with Crippen molar-refractivity contribution in [2.24, 2.45) is 5.10 Å². The van der Waals surface area contributed by atoms with E-state index in [4.69, 9.17) is 21.1 Å². The Hall–Kier alpha value is -3.32. The molecule has 2 aromatic carbocycles. The number of ether oxygens (including phenoxy) is 2. The van der Waals surface area contributed by atoms with Crippen molar-refractivity contribution in [3.8, 4) is 11.5 Å². The fourth-order valence-corrected chi connectivity index (χ4v) is 2.44. The van der Waals surface area contributed by atoms with E-state index < -0.39 is 11.8 Å². The standard InChI is InChI=1S/C21H22ClN3O4/c1-4-10-29-18-9-7-15(11-19(18)28-5-2)13-23-25-21(27)20(26)24-17-12-16(22)8-6-14(17)3/h4,6-9,11-13H,1,5,10H2,2-3H3,(H,24,26)(H,25,27). The minimum atomic E-state index is -0.906. The maximum Gasteiger partial charge on any atom is 0.329 e. The van der Waals surface area contributed by atoms with E-state index in [0.29, 0.717) is 41.0 Å². The molecule has 2 rings (SSSR count). The van der Waals surface area contributed by atoms with Gasteiger partial charge < -0.3 is 14.8 Å². The number of hydrazone groups is 1. The van der Waals surface area contributed by atoms with Gasteiger partial charge in [-0.15, -0.1) is 0 Å². The molecule has 0 bridgehead atoms. The molecule has 29 heavy (non-hydrogen) atoms. The molecule has 0 saturated heterocycles. The largest absolute Gasteiger partial charge is 0.490 e. The number of carbonyl (C=O) groups excluding carboxylic acids is 2. The Morgan fingerprint density at radius 2 is 1.93 bits per heavy atom. The maximum atomic E-state index is 12.0. The molecule has 0 unspecified atom stereocenters. The molecule has 2 amide bonds. The molecule has 152 valence electrons. The minimum absolute atomic E-state index is 0.352. The zero-order chi connectivity index (χ0) is 21.2. The number of benzene rings is 2. The van der Waals surface area contributed by atoms with Crippen molar-refractivity contribution in [3.63, 3.8) is 0 Å². The lowest BCUT2D eigenvalue weighted by molar-refractivity contribution is -0.136. The third-order valence-corrected chi connectivity index (χ3v) is 3.89. The van der Waals surface area contributed by atoms with Crippen LogP contribution in [0.1, 0.15) is 18.1 Å². The lowest BCUT2D eigenvalue weighted by Crippen LogP contribution is -2.32. The van der Waals surface area contributed by atoms with Crippen LogP contribution in [0.5, 0.6) is 11.5 Å². The van der Waals surface area contributed by atoms with Gasteiger partial charge in [0.25, 0.3) is 0 Å². The van der Waals surface area contributed by atoms with Crippen molar-refractivity contribution in [1.29, 1.82) is 0 Å². The zero-order valence-electron chi connectivity index (χ0n) is 16.2. The third-order valence-electron chi connectivity index (χ3n) is 3.66. The number of rotatable bonds is 8. The van der Waals surface area contributed by atoms with E-state index in [2.05, 4.69) is 22.4 Å². The van der Waals surface area contributed by atoms with Crippen LogP contribution in [0.4, 0.5) is 5.69 Å². The van der Waals surface area contributed by atoms with Gasteiger partial charge in [0.1, 0.15) is 6.61 Å². The van der Waals surface area contributed by atoms with Crippen molar-refractivity contribution in [2.45, 2.75) is 13.8 Å². The van der Waals surface area contributed by atoms with Gasteiger partial charge in [0, 0.05) is 10.7 Å². The van der Waals surface area contributed by atoms with E-state index in [9.17, 15) is 9.59 Å². The molecule has 0 aliphatic rings. The molecular formula is C21H22ClN3O4. The number of aryl methyl sites for hydroxylation is 1. The Bertz CT molecular complexity index is 928. The van der Waals surface area contributed by atoms with Crippen LogP contribution < -0.4 is 20.2 Å². The van der Waals surface area contributed by atoms with E-state index in [1.807, 2.05) is 6.92 Å². The van der Waals surface area contributed by atoms with Crippen LogP contribution in [0.3, 0.4) is 0 Å². The van der Waals surface area contributed by atoms with Crippen molar-refractivity contribution >= 4 is 35.3 Å². The number of halogens is 1. The second-order valence-corrected chi connectivity index (χ2v) is 6.29. The highest BCUT2D eigenvalue weighted by Gasteiger charge is 2.14. The first-order valence-electron chi connectivity index (χ1n) is 8.85. The molecule has 7 nitrogen and oxygen atoms in total. The average Bonchev–Trinajstić information content (AvgIpc) is 2.70. The van der Waals surface area contributed by atoms with Crippen LogP contribution in [0.15, 0.2) is 54.2 Å².